The van der Waals surface area contributed by atoms with Gasteiger partial charge in [0, 0.05) is 19.1 Å². The molecule has 1 aliphatic carbocycles. The van der Waals surface area contributed by atoms with Crippen molar-refractivity contribution in [1.29, 1.82) is 0 Å². The molecule has 0 radical (unpaired) electrons. The van der Waals surface area contributed by atoms with E-state index in [2.05, 4.69) is 31.0 Å². The number of carbonyl (C=O) groups is 1. The molecule has 1 saturated carbocycles. The second-order valence-electron chi connectivity index (χ2n) is 5.74. The van der Waals surface area contributed by atoms with Crippen molar-refractivity contribution in [3.63, 3.8) is 0 Å². The maximum atomic E-state index is 12.3. The molecule has 4 nitrogen and oxygen atoms in total. The molecule has 1 fully saturated rings. The van der Waals surface area contributed by atoms with Gasteiger partial charge in [0.2, 0.25) is 0 Å². The maximum Gasteiger partial charge on any atom is 0.317 e. The van der Waals surface area contributed by atoms with Crippen molar-refractivity contribution in [3.05, 3.63) is 0 Å². The summed E-state index contributed by atoms with van der Waals surface area (Å²) in [6, 6.07) is 0.548. The molecule has 0 saturated heterocycles. The molecule has 0 spiro atoms. The summed E-state index contributed by atoms with van der Waals surface area (Å²) in [5.74, 6) is 0. The van der Waals surface area contributed by atoms with Crippen LogP contribution in [0.2, 0.25) is 0 Å². The number of amides is 2. The van der Waals surface area contributed by atoms with Crippen LogP contribution < -0.4 is 5.32 Å². The predicted molar refractivity (Wildman–Crippen MR) is 85.1 cm³/mol. The molecule has 0 aromatic carbocycles. The van der Waals surface area contributed by atoms with Crippen LogP contribution >= 0.6 is 0 Å². The van der Waals surface area contributed by atoms with Crippen molar-refractivity contribution >= 4 is 6.03 Å². The van der Waals surface area contributed by atoms with Crippen molar-refractivity contribution in [2.45, 2.75) is 65.3 Å². The molecule has 2 amide bonds. The third-order valence-corrected chi connectivity index (χ3v) is 4.40. The Morgan fingerprint density at radius 1 is 1.00 bits per heavy atom. The van der Waals surface area contributed by atoms with E-state index in [1.807, 2.05) is 4.90 Å². The van der Waals surface area contributed by atoms with Gasteiger partial charge in [-0.2, -0.15) is 0 Å². The highest BCUT2D eigenvalue weighted by atomic mass is 16.2. The Balaban J connectivity index is 2.27. The lowest BCUT2D eigenvalue weighted by Crippen LogP contribution is -2.46. The second kappa shape index (κ2) is 10.0. The number of nitrogens with one attached hydrogen (secondary N) is 1. The van der Waals surface area contributed by atoms with E-state index in [0.29, 0.717) is 6.04 Å². The molecule has 0 aliphatic heterocycles. The monoisotopic (exact) mass is 283 g/mol. The fourth-order valence-corrected chi connectivity index (χ4v) is 2.94. The zero-order chi connectivity index (χ0) is 14.8. The van der Waals surface area contributed by atoms with Crippen molar-refractivity contribution in [1.82, 2.24) is 15.1 Å². The smallest absolute Gasteiger partial charge is 0.317 e. The Morgan fingerprint density at radius 3 is 2.20 bits per heavy atom. The van der Waals surface area contributed by atoms with Gasteiger partial charge >= 0.3 is 6.03 Å². The number of hydrogen-bond acceptors (Lipinski definition) is 2. The zero-order valence-electron chi connectivity index (χ0n) is 13.7. The van der Waals surface area contributed by atoms with Gasteiger partial charge in [0.15, 0.2) is 0 Å². The summed E-state index contributed by atoms with van der Waals surface area (Å²) in [6.07, 6.45) is 7.23. The molecule has 1 rings (SSSR count). The summed E-state index contributed by atoms with van der Waals surface area (Å²) in [6.45, 7) is 11.4. The molecular weight excluding hydrogens is 250 g/mol. The molecule has 1 aliphatic rings. The van der Waals surface area contributed by atoms with Gasteiger partial charge in [0.05, 0.1) is 0 Å². The van der Waals surface area contributed by atoms with Crippen LogP contribution in [0.15, 0.2) is 0 Å². The molecule has 1 N–H and O–H groups in total. The number of nitrogens with zero attached hydrogens (tertiary/aromatic N) is 2. The lowest BCUT2D eigenvalue weighted by molar-refractivity contribution is 0.188. The molecule has 0 atom stereocenters. The van der Waals surface area contributed by atoms with E-state index in [1.165, 1.54) is 19.3 Å². The van der Waals surface area contributed by atoms with Crippen LogP contribution in [-0.4, -0.2) is 54.6 Å². The molecule has 0 aromatic rings. The molecule has 0 heterocycles. The normalized spacial score (nSPS) is 16.4. The van der Waals surface area contributed by atoms with Gasteiger partial charge in [-0.25, -0.2) is 4.79 Å². The average molecular weight is 283 g/mol. The van der Waals surface area contributed by atoms with E-state index in [0.717, 1.165) is 52.0 Å². The summed E-state index contributed by atoms with van der Waals surface area (Å²) in [5.41, 5.74) is 0. The number of hydrogen-bond donors (Lipinski definition) is 1. The third-order valence-electron chi connectivity index (χ3n) is 4.40. The summed E-state index contributed by atoms with van der Waals surface area (Å²) in [5, 5.41) is 3.21. The van der Waals surface area contributed by atoms with E-state index in [4.69, 9.17) is 0 Å². The first kappa shape index (κ1) is 17.3. The summed E-state index contributed by atoms with van der Waals surface area (Å²) >= 11 is 0. The number of urea groups is 1. The van der Waals surface area contributed by atoms with Gasteiger partial charge in [0.25, 0.3) is 0 Å². The minimum absolute atomic E-state index is 0.138. The molecular formula is C16H33N3O. The van der Waals surface area contributed by atoms with Crippen LogP contribution in [0.4, 0.5) is 4.79 Å². The molecule has 4 heteroatoms. The topological polar surface area (TPSA) is 35.6 Å². The Labute approximate surface area is 124 Å². The number of rotatable bonds is 8. The van der Waals surface area contributed by atoms with Gasteiger partial charge in [-0.05, 0) is 45.8 Å². The first-order chi connectivity index (χ1) is 9.71. The van der Waals surface area contributed by atoms with E-state index in [9.17, 15) is 4.79 Å². The molecule has 0 unspecified atom stereocenters. The lowest BCUT2D eigenvalue weighted by Gasteiger charge is -2.28. The van der Waals surface area contributed by atoms with E-state index in [-0.39, 0.29) is 6.03 Å². The molecule has 118 valence electrons. The Bertz CT molecular complexity index is 260. The second-order valence-corrected chi connectivity index (χ2v) is 5.74. The van der Waals surface area contributed by atoms with Crippen LogP contribution in [0.25, 0.3) is 0 Å². The van der Waals surface area contributed by atoms with Gasteiger partial charge in [-0.3, -0.25) is 0 Å². The summed E-state index contributed by atoms with van der Waals surface area (Å²) in [7, 11) is 0. The Hall–Kier alpha value is -0.770. The minimum Gasteiger partial charge on any atom is -0.335 e. The maximum absolute atomic E-state index is 12.3. The first-order valence-electron chi connectivity index (χ1n) is 8.49. The fraction of sp³-hybridized carbons (Fsp3) is 0.938. The van der Waals surface area contributed by atoms with Crippen molar-refractivity contribution in [2.75, 3.05) is 32.7 Å². The fourth-order valence-electron chi connectivity index (χ4n) is 2.94. The van der Waals surface area contributed by atoms with E-state index in [1.54, 1.807) is 0 Å². The molecule has 20 heavy (non-hydrogen) atoms. The predicted octanol–water partition coefficient (Wildman–Crippen LogP) is 3.08. The lowest BCUT2D eigenvalue weighted by atomic mass is 9.96. The van der Waals surface area contributed by atoms with Crippen molar-refractivity contribution < 1.29 is 4.79 Å². The zero-order valence-corrected chi connectivity index (χ0v) is 13.7. The van der Waals surface area contributed by atoms with Gasteiger partial charge < -0.3 is 15.1 Å². The summed E-state index contributed by atoms with van der Waals surface area (Å²) < 4.78 is 0. The van der Waals surface area contributed by atoms with Crippen molar-refractivity contribution in [2.24, 2.45) is 0 Å². The van der Waals surface area contributed by atoms with Gasteiger partial charge in [0.1, 0.15) is 0 Å². The quantitative estimate of drug-likeness (QED) is 0.743. The minimum atomic E-state index is 0.138. The average Bonchev–Trinajstić information content (AvgIpc) is 2.48. The third kappa shape index (κ3) is 6.12. The van der Waals surface area contributed by atoms with Crippen molar-refractivity contribution in [3.8, 4) is 0 Å². The van der Waals surface area contributed by atoms with Crippen LogP contribution in [0, 0.1) is 0 Å². The largest absolute Gasteiger partial charge is 0.335 e. The van der Waals surface area contributed by atoms with Crippen LogP contribution in [0.5, 0.6) is 0 Å². The summed E-state index contributed by atoms with van der Waals surface area (Å²) in [4.78, 5) is 16.6. The Kier molecular flexibility index (Phi) is 8.67. The highest BCUT2D eigenvalue weighted by molar-refractivity contribution is 5.74. The standard InChI is InChI=1S/C16H33N3O/c1-4-18(5-2)13-10-14-19(6-3)16(20)17-15-11-8-7-9-12-15/h15H,4-14H2,1-3H3,(H,17,20). The van der Waals surface area contributed by atoms with Gasteiger partial charge in [-0.15, -0.1) is 0 Å². The van der Waals surface area contributed by atoms with E-state index < -0.39 is 0 Å². The van der Waals surface area contributed by atoms with Gasteiger partial charge in [-0.1, -0.05) is 33.1 Å². The molecule has 0 aromatic heterocycles. The highest BCUT2D eigenvalue weighted by Gasteiger charge is 2.18. The van der Waals surface area contributed by atoms with E-state index >= 15 is 0 Å². The van der Waals surface area contributed by atoms with Crippen LogP contribution in [0.1, 0.15) is 59.3 Å². The van der Waals surface area contributed by atoms with Crippen LogP contribution in [0.3, 0.4) is 0 Å². The molecule has 0 bridgehead atoms. The first-order valence-corrected chi connectivity index (χ1v) is 8.49. The number of carbonyl (C=O) groups excluding carboxylic acids is 1. The SMILES string of the molecule is CCN(CC)CCCN(CC)C(=O)NC1CCCCC1. The highest BCUT2D eigenvalue weighted by Crippen LogP contribution is 2.17. The Morgan fingerprint density at radius 2 is 1.65 bits per heavy atom. The van der Waals surface area contributed by atoms with Crippen LogP contribution in [-0.2, 0) is 0 Å².